The fourth-order valence-electron chi connectivity index (χ4n) is 2.65. The van der Waals surface area contributed by atoms with E-state index in [1.807, 2.05) is 11.1 Å². The fourth-order valence-corrected chi connectivity index (χ4v) is 2.65. The van der Waals surface area contributed by atoms with Gasteiger partial charge in [-0.25, -0.2) is 4.98 Å². The number of hydrogen-bond acceptors (Lipinski definition) is 4. The van der Waals surface area contributed by atoms with Gasteiger partial charge in [0, 0.05) is 39.1 Å². The molecular weight excluding hydrogens is 232 g/mol. The van der Waals surface area contributed by atoms with Gasteiger partial charge < -0.3 is 19.5 Å². The second kappa shape index (κ2) is 4.70. The van der Waals surface area contributed by atoms with Gasteiger partial charge in [0.05, 0.1) is 18.7 Å². The van der Waals surface area contributed by atoms with Crippen LogP contribution in [0, 0.1) is 0 Å². The van der Waals surface area contributed by atoms with Crippen LogP contribution in [0.4, 0.5) is 0 Å². The van der Waals surface area contributed by atoms with Gasteiger partial charge in [-0.1, -0.05) is 0 Å². The highest BCUT2D eigenvalue weighted by atomic mass is 16.5. The third-order valence-corrected chi connectivity index (χ3v) is 3.78. The number of fused-ring (bicyclic) bond motifs is 1. The zero-order valence-corrected chi connectivity index (χ0v) is 10.5. The van der Waals surface area contributed by atoms with Crippen LogP contribution in [-0.2, 0) is 22.6 Å². The Morgan fingerprint density at radius 2 is 2.44 bits per heavy atom. The summed E-state index contributed by atoms with van der Waals surface area (Å²) >= 11 is 0. The maximum atomic E-state index is 12.4. The molecular formula is C12H18N4O2. The summed E-state index contributed by atoms with van der Waals surface area (Å²) in [5.41, 5.74) is 0. The van der Waals surface area contributed by atoms with Crippen molar-refractivity contribution in [3.63, 3.8) is 0 Å². The molecule has 3 rings (SSSR count). The minimum atomic E-state index is -0.100. The number of imidazole rings is 1. The summed E-state index contributed by atoms with van der Waals surface area (Å²) in [6.07, 6.45) is 4.68. The lowest BCUT2D eigenvalue weighted by atomic mass is 10.1. The molecule has 2 unspecified atom stereocenters. The van der Waals surface area contributed by atoms with Crippen molar-refractivity contribution in [3.8, 4) is 0 Å². The van der Waals surface area contributed by atoms with Crippen LogP contribution < -0.4 is 5.32 Å². The van der Waals surface area contributed by atoms with E-state index < -0.39 is 0 Å². The van der Waals surface area contributed by atoms with Gasteiger partial charge in [-0.3, -0.25) is 4.79 Å². The molecule has 0 radical (unpaired) electrons. The monoisotopic (exact) mass is 250 g/mol. The van der Waals surface area contributed by atoms with Crippen LogP contribution in [0.5, 0.6) is 0 Å². The van der Waals surface area contributed by atoms with Crippen molar-refractivity contribution >= 4 is 5.91 Å². The summed E-state index contributed by atoms with van der Waals surface area (Å²) in [7, 11) is 1.69. The van der Waals surface area contributed by atoms with Crippen LogP contribution in [0.15, 0.2) is 12.4 Å². The van der Waals surface area contributed by atoms with Gasteiger partial charge in [0.1, 0.15) is 5.82 Å². The number of rotatable bonds is 2. The van der Waals surface area contributed by atoms with Crippen LogP contribution in [-0.4, -0.2) is 52.7 Å². The van der Waals surface area contributed by atoms with Crippen molar-refractivity contribution in [1.29, 1.82) is 0 Å². The lowest BCUT2D eigenvalue weighted by Crippen LogP contribution is -2.46. The number of carbonyl (C=O) groups excluding carboxylic acids is 1. The predicted molar refractivity (Wildman–Crippen MR) is 64.8 cm³/mol. The second-order valence-corrected chi connectivity index (χ2v) is 4.85. The van der Waals surface area contributed by atoms with E-state index in [-0.39, 0.29) is 18.1 Å². The zero-order valence-electron chi connectivity index (χ0n) is 10.5. The first-order valence-electron chi connectivity index (χ1n) is 6.33. The van der Waals surface area contributed by atoms with E-state index >= 15 is 0 Å². The van der Waals surface area contributed by atoms with Gasteiger partial charge in [-0.15, -0.1) is 0 Å². The number of aromatic nitrogens is 2. The number of methoxy groups -OCH3 is 1. The average molecular weight is 250 g/mol. The Kier molecular flexibility index (Phi) is 3.05. The number of hydrogen-bond donors (Lipinski definition) is 1. The van der Waals surface area contributed by atoms with Crippen molar-refractivity contribution in [2.24, 2.45) is 0 Å². The molecule has 2 aliphatic heterocycles. The Bertz CT molecular complexity index is 445. The first-order chi connectivity index (χ1) is 8.78. The fraction of sp³-hybridized carbons (Fsp3) is 0.667. The molecule has 0 saturated carbocycles. The third-order valence-electron chi connectivity index (χ3n) is 3.78. The molecule has 6 nitrogen and oxygen atoms in total. The summed E-state index contributed by atoms with van der Waals surface area (Å²) in [5.74, 6) is 1.14. The van der Waals surface area contributed by atoms with Crippen molar-refractivity contribution in [2.75, 3.05) is 20.2 Å². The number of carbonyl (C=O) groups is 1. The normalized spacial score (nSPS) is 27.3. The summed E-state index contributed by atoms with van der Waals surface area (Å²) in [6.45, 7) is 2.97. The zero-order chi connectivity index (χ0) is 12.5. The molecule has 1 saturated heterocycles. The van der Waals surface area contributed by atoms with Gasteiger partial charge in [0.15, 0.2) is 0 Å². The Balaban J connectivity index is 1.64. The summed E-state index contributed by atoms with van der Waals surface area (Å²) in [4.78, 5) is 18.5. The van der Waals surface area contributed by atoms with Crippen LogP contribution in [0.3, 0.4) is 0 Å². The quantitative estimate of drug-likeness (QED) is 0.776. The first kappa shape index (κ1) is 11.7. The van der Waals surface area contributed by atoms with E-state index in [1.165, 1.54) is 0 Å². The van der Waals surface area contributed by atoms with Gasteiger partial charge in [-0.05, 0) is 6.42 Å². The van der Waals surface area contributed by atoms with E-state index in [0.717, 1.165) is 31.9 Å². The van der Waals surface area contributed by atoms with Gasteiger partial charge >= 0.3 is 0 Å². The van der Waals surface area contributed by atoms with Gasteiger partial charge in [0.25, 0.3) is 0 Å². The molecule has 18 heavy (non-hydrogen) atoms. The molecule has 0 aliphatic carbocycles. The maximum Gasteiger partial charge on any atom is 0.240 e. The molecule has 1 aromatic rings. The van der Waals surface area contributed by atoms with Crippen LogP contribution in [0.25, 0.3) is 0 Å². The molecule has 1 aromatic heterocycles. The molecule has 0 aromatic carbocycles. The Morgan fingerprint density at radius 1 is 1.56 bits per heavy atom. The van der Waals surface area contributed by atoms with Gasteiger partial charge in [0.2, 0.25) is 5.91 Å². The Labute approximate surface area is 106 Å². The maximum absolute atomic E-state index is 12.4. The molecule has 2 aliphatic rings. The molecule has 0 bridgehead atoms. The summed E-state index contributed by atoms with van der Waals surface area (Å²) in [5, 5.41) is 3.23. The Morgan fingerprint density at radius 3 is 3.22 bits per heavy atom. The molecule has 3 heterocycles. The number of ether oxygens (including phenoxy) is 1. The average Bonchev–Trinajstić information content (AvgIpc) is 3.05. The predicted octanol–water partition coefficient (Wildman–Crippen LogP) is -0.398. The van der Waals surface area contributed by atoms with Crippen molar-refractivity contribution < 1.29 is 9.53 Å². The van der Waals surface area contributed by atoms with E-state index in [0.29, 0.717) is 6.54 Å². The van der Waals surface area contributed by atoms with E-state index in [4.69, 9.17) is 4.74 Å². The lowest BCUT2D eigenvalue weighted by Gasteiger charge is -2.29. The van der Waals surface area contributed by atoms with Crippen LogP contribution in [0.1, 0.15) is 12.2 Å². The number of amides is 1. The van der Waals surface area contributed by atoms with Crippen LogP contribution >= 0.6 is 0 Å². The highest BCUT2D eigenvalue weighted by Crippen LogP contribution is 2.16. The first-order valence-corrected chi connectivity index (χ1v) is 6.33. The van der Waals surface area contributed by atoms with E-state index in [9.17, 15) is 4.79 Å². The number of nitrogens with zero attached hydrogens (tertiary/aromatic N) is 3. The molecule has 6 heteroatoms. The van der Waals surface area contributed by atoms with Crippen molar-refractivity contribution in [2.45, 2.75) is 31.7 Å². The molecule has 2 atom stereocenters. The van der Waals surface area contributed by atoms with Crippen molar-refractivity contribution in [3.05, 3.63) is 18.2 Å². The van der Waals surface area contributed by atoms with E-state index in [1.54, 1.807) is 13.3 Å². The van der Waals surface area contributed by atoms with Crippen molar-refractivity contribution in [1.82, 2.24) is 19.8 Å². The lowest BCUT2D eigenvalue weighted by molar-refractivity contribution is -0.134. The SMILES string of the molecule is COC1CNC(C(=O)N2CCn3ccnc3C2)C1. The van der Waals surface area contributed by atoms with Crippen LogP contribution in [0.2, 0.25) is 0 Å². The molecule has 0 spiro atoms. The third kappa shape index (κ3) is 2.02. The molecule has 98 valence electrons. The largest absolute Gasteiger partial charge is 0.380 e. The Hall–Kier alpha value is -1.40. The minimum absolute atomic E-state index is 0.100. The minimum Gasteiger partial charge on any atom is -0.380 e. The highest BCUT2D eigenvalue weighted by Gasteiger charge is 2.33. The molecule has 1 fully saturated rings. The molecule has 1 N–H and O–H groups in total. The topological polar surface area (TPSA) is 59.4 Å². The smallest absolute Gasteiger partial charge is 0.240 e. The second-order valence-electron chi connectivity index (χ2n) is 4.85. The molecule has 1 amide bonds. The number of nitrogens with one attached hydrogen (secondary N) is 1. The summed E-state index contributed by atoms with van der Waals surface area (Å²) < 4.78 is 7.37. The van der Waals surface area contributed by atoms with E-state index in [2.05, 4.69) is 14.9 Å². The van der Waals surface area contributed by atoms with Gasteiger partial charge in [-0.2, -0.15) is 0 Å². The highest BCUT2D eigenvalue weighted by molar-refractivity contribution is 5.82. The summed E-state index contributed by atoms with van der Waals surface area (Å²) in [6, 6.07) is -0.100. The standard InChI is InChI=1S/C12H18N4O2/c1-18-9-6-10(14-7-9)12(17)16-5-4-15-3-2-13-11(15)8-16/h2-3,9-10,14H,4-8H2,1H3.